The molecule has 0 heterocycles. The quantitative estimate of drug-likeness (QED) is 0.643. The molecule has 2 rings (SSSR count). The summed E-state index contributed by atoms with van der Waals surface area (Å²) in [4.78, 5) is 2.37. The molecule has 0 spiro atoms. The second kappa shape index (κ2) is 7.35. The smallest absolute Gasteiger partial charge is 0.276 e. The lowest BCUT2D eigenvalue weighted by Crippen LogP contribution is -2.18. The molecule has 7 heteroatoms. The van der Waals surface area contributed by atoms with Gasteiger partial charge in [-0.05, 0) is 49.2 Å². The van der Waals surface area contributed by atoms with Crippen molar-refractivity contribution < 1.29 is 17.9 Å². The summed E-state index contributed by atoms with van der Waals surface area (Å²) in [6.07, 6.45) is 1.37. The van der Waals surface area contributed by atoms with Crippen molar-refractivity contribution in [2.45, 2.75) is 18.7 Å². The molecular formula is C17H20N2O4S. The van der Waals surface area contributed by atoms with Gasteiger partial charge in [0, 0.05) is 5.56 Å². The highest BCUT2D eigenvalue weighted by molar-refractivity contribution is 7.89. The van der Waals surface area contributed by atoms with Gasteiger partial charge in [0.25, 0.3) is 10.0 Å². The first-order valence-corrected chi connectivity index (χ1v) is 8.70. The van der Waals surface area contributed by atoms with Gasteiger partial charge >= 0.3 is 0 Å². The zero-order valence-corrected chi connectivity index (χ0v) is 14.8. The van der Waals surface area contributed by atoms with E-state index in [2.05, 4.69) is 9.93 Å². The normalized spacial score (nSPS) is 11.5. The predicted octanol–water partition coefficient (Wildman–Crippen LogP) is 2.63. The molecule has 0 radical (unpaired) electrons. The number of methoxy groups -OCH3 is 2. The number of para-hydroxylation sites is 1. The molecule has 0 saturated carbocycles. The number of sulfonamides is 1. The highest BCUT2D eigenvalue weighted by Gasteiger charge is 2.13. The molecule has 0 aliphatic rings. The van der Waals surface area contributed by atoms with Crippen molar-refractivity contribution in [3.8, 4) is 11.5 Å². The van der Waals surface area contributed by atoms with Gasteiger partial charge in [-0.25, -0.2) is 4.83 Å². The highest BCUT2D eigenvalue weighted by Crippen LogP contribution is 2.29. The Labute approximate surface area is 142 Å². The van der Waals surface area contributed by atoms with Crippen LogP contribution >= 0.6 is 0 Å². The Balaban J connectivity index is 2.23. The molecular weight excluding hydrogens is 328 g/mol. The number of aryl methyl sites for hydroxylation is 2. The van der Waals surface area contributed by atoms with Gasteiger partial charge in [0.1, 0.15) is 0 Å². The number of benzene rings is 2. The van der Waals surface area contributed by atoms with Gasteiger partial charge in [-0.2, -0.15) is 13.5 Å². The number of ether oxygens (including phenoxy) is 2. The van der Waals surface area contributed by atoms with Crippen molar-refractivity contribution in [1.29, 1.82) is 0 Å². The summed E-state index contributed by atoms with van der Waals surface area (Å²) in [5, 5.41) is 3.83. The van der Waals surface area contributed by atoms with Crippen molar-refractivity contribution in [2.75, 3.05) is 14.2 Å². The minimum absolute atomic E-state index is 0.167. The van der Waals surface area contributed by atoms with Crippen LogP contribution in [0.5, 0.6) is 11.5 Å². The standard InChI is InChI=1S/C17H20N2O4S/c1-12-8-9-15(10-13(12)2)24(20,21)19-18-11-14-6-5-7-16(22-3)17(14)23-4/h5-11,19H,1-4H3/b18-11+. The van der Waals surface area contributed by atoms with Crippen LogP contribution in [-0.2, 0) is 10.0 Å². The van der Waals surface area contributed by atoms with Gasteiger partial charge in [0.2, 0.25) is 0 Å². The number of nitrogens with zero attached hydrogens (tertiary/aromatic N) is 1. The predicted molar refractivity (Wildman–Crippen MR) is 93.4 cm³/mol. The van der Waals surface area contributed by atoms with Gasteiger partial charge < -0.3 is 9.47 Å². The molecule has 0 atom stereocenters. The van der Waals surface area contributed by atoms with Crippen molar-refractivity contribution in [3.05, 3.63) is 53.1 Å². The maximum atomic E-state index is 12.3. The third-order valence-corrected chi connectivity index (χ3v) is 4.82. The number of rotatable bonds is 6. The Morgan fingerprint density at radius 1 is 1.04 bits per heavy atom. The molecule has 24 heavy (non-hydrogen) atoms. The van der Waals surface area contributed by atoms with E-state index in [0.717, 1.165) is 11.1 Å². The zero-order chi connectivity index (χ0) is 17.7. The zero-order valence-electron chi connectivity index (χ0n) is 14.0. The summed E-state index contributed by atoms with van der Waals surface area (Å²) in [7, 11) is -0.688. The van der Waals surface area contributed by atoms with Crippen LogP contribution in [0, 0.1) is 13.8 Å². The van der Waals surface area contributed by atoms with Crippen LogP contribution in [0.25, 0.3) is 0 Å². The molecule has 6 nitrogen and oxygen atoms in total. The lowest BCUT2D eigenvalue weighted by molar-refractivity contribution is 0.354. The second-order valence-corrected chi connectivity index (χ2v) is 6.84. The monoisotopic (exact) mass is 348 g/mol. The van der Waals surface area contributed by atoms with Gasteiger partial charge in [-0.15, -0.1) is 0 Å². The van der Waals surface area contributed by atoms with Crippen LogP contribution < -0.4 is 14.3 Å². The first-order chi connectivity index (χ1) is 11.4. The largest absolute Gasteiger partial charge is 0.493 e. The Morgan fingerprint density at radius 3 is 2.42 bits per heavy atom. The van der Waals surface area contributed by atoms with Gasteiger partial charge in [0.15, 0.2) is 11.5 Å². The molecule has 0 amide bonds. The molecule has 0 aliphatic carbocycles. The first kappa shape index (κ1) is 17.8. The third kappa shape index (κ3) is 3.86. The van der Waals surface area contributed by atoms with Gasteiger partial charge in [0.05, 0.1) is 25.3 Å². The fourth-order valence-electron chi connectivity index (χ4n) is 2.11. The number of nitrogens with one attached hydrogen (secondary N) is 1. The van der Waals surface area contributed by atoms with E-state index in [1.807, 2.05) is 13.8 Å². The molecule has 0 saturated heterocycles. The second-order valence-electron chi connectivity index (χ2n) is 5.18. The Bertz CT molecular complexity index is 861. The molecule has 0 aromatic heterocycles. The van der Waals surface area contributed by atoms with Crippen LogP contribution in [0.3, 0.4) is 0 Å². The van der Waals surface area contributed by atoms with E-state index < -0.39 is 10.0 Å². The van der Waals surface area contributed by atoms with Crippen molar-refractivity contribution in [1.82, 2.24) is 4.83 Å². The number of hydrazone groups is 1. The Kier molecular flexibility index (Phi) is 5.46. The Morgan fingerprint density at radius 2 is 1.79 bits per heavy atom. The van der Waals surface area contributed by atoms with Crippen LogP contribution in [0.4, 0.5) is 0 Å². The Hall–Kier alpha value is -2.54. The fraction of sp³-hybridized carbons (Fsp3) is 0.235. The molecule has 128 valence electrons. The van der Waals surface area contributed by atoms with Crippen molar-refractivity contribution in [3.63, 3.8) is 0 Å². The highest BCUT2D eigenvalue weighted by atomic mass is 32.2. The van der Waals surface area contributed by atoms with E-state index in [4.69, 9.17) is 9.47 Å². The van der Waals surface area contributed by atoms with E-state index in [-0.39, 0.29) is 4.90 Å². The average Bonchev–Trinajstić information content (AvgIpc) is 2.56. The van der Waals surface area contributed by atoms with E-state index in [0.29, 0.717) is 17.1 Å². The minimum Gasteiger partial charge on any atom is -0.493 e. The maximum absolute atomic E-state index is 12.3. The summed E-state index contributed by atoms with van der Waals surface area (Å²) >= 11 is 0. The SMILES string of the molecule is COc1cccc(/C=N/NS(=O)(=O)c2ccc(C)c(C)c2)c1OC. The van der Waals surface area contributed by atoms with Crippen LogP contribution in [0.2, 0.25) is 0 Å². The molecule has 0 bridgehead atoms. The number of hydrogen-bond acceptors (Lipinski definition) is 5. The molecule has 0 unspecified atom stereocenters. The van der Waals surface area contributed by atoms with Gasteiger partial charge in [-0.1, -0.05) is 12.1 Å². The first-order valence-electron chi connectivity index (χ1n) is 7.22. The summed E-state index contributed by atoms with van der Waals surface area (Å²) in [6.45, 7) is 3.78. The molecule has 0 aliphatic heterocycles. The van der Waals surface area contributed by atoms with E-state index in [1.54, 1.807) is 36.4 Å². The van der Waals surface area contributed by atoms with Crippen LogP contribution in [0.1, 0.15) is 16.7 Å². The van der Waals surface area contributed by atoms with E-state index in [9.17, 15) is 8.42 Å². The summed E-state index contributed by atoms with van der Waals surface area (Å²) < 4.78 is 35.0. The van der Waals surface area contributed by atoms with E-state index in [1.165, 1.54) is 20.4 Å². The fourth-order valence-corrected chi connectivity index (χ4v) is 2.99. The summed E-state index contributed by atoms with van der Waals surface area (Å²) in [6, 6.07) is 10.2. The van der Waals surface area contributed by atoms with Crippen molar-refractivity contribution >= 4 is 16.2 Å². The van der Waals surface area contributed by atoms with Crippen LogP contribution in [0.15, 0.2) is 46.4 Å². The molecule has 2 aromatic carbocycles. The molecule has 1 N–H and O–H groups in total. The lowest BCUT2D eigenvalue weighted by Gasteiger charge is -2.09. The van der Waals surface area contributed by atoms with Gasteiger partial charge in [-0.3, -0.25) is 0 Å². The van der Waals surface area contributed by atoms with Crippen molar-refractivity contribution in [2.24, 2.45) is 5.10 Å². The van der Waals surface area contributed by atoms with Crippen LogP contribution in [-0.4, -0.2) is 28.9 Å². The third-order valence-electron chi connectivity index (χ3n) is 3.60. The maximum Gasteiger partial charge on any atom is 0.276 e. The lowest BCUT2D eigenvalue weighted by atomic mass is 10.1. The molecule has 2 aromatic rings. The summed E-state index contributed by atoms with van der Waals surface area (Å²) in [5.41, 5.74) is 2.52. The summed E-state index contributed by atoms with van der Waals surface area (Å²) in [5.74, 6) is 1.02. The number of hydrogen-bond donors (Lipinski definition) is 1. The minimum atomic E-state index is -3.72. The van der Waals surface area contributed by atoms with E-state index >= 15 is 0 Å². The molecule has 0 fully saturated rings. The average molecular weight is 348 g/mol. The topological polar surface area (TPSA) is 77.0 Å².